The second-order valence-electron chi connectivity index (χ2n) is 8.15. The van der Waals surface area contributed by atoms with Gasteiger partial charge >= 0.3 is 0 Å². The lowest BCUT2D eigenvalue weighted by atomic mass is 9.47. The van der Waals surface area contributed by atoms with Gasteiger partial charge in [0.15, 0.2) is 0 Å². The fourth-order valence-corrected chi connectivity index (χ4v) is 6.28. The normalized spacial score (nSPS) is 46.7. The van der Waals surface area contributed by atoms with Crippen molar-refractivity contribution in [2.24, 2.45) is 23.2 Å². The number of amides is 2. The van der Waals surface area contributed by atoms with Crippen LogP contribution in [-0.4, -0.2) is 35.3 Å². The Labute approximate surface area is 126 Å². The van der Waals surface area contributed by atoms with Gasteiger partial charge < -0.3 is 10.2 Å². The fraction of sp³-hybridized carbons (Fsp3) is 0.882. The number of hydrogen-bond donors (Lipinski definition) is 1. The summed E-state index contributed by atoms with van der Waals surface area (Å²) in [5.74, 6) is 2.74. The Bertz CT molecular complexity index is 452. The Morgan fingerprint density at radius 1 is 1.10 bits per heavy atom. The lowest BCUT2D eigenvalue weighted by Gasteiger charge is -2.61. The minimum atomic E-state index is -0.311. The monoisotopic (exact) mass is 290 g/mol. The second-order valence-corrected chi connectivity index (χ2v) is 8.15. The van der Waals surface area contributed by atoms with Crippen LogP contribution < -0.4 is 5.32 Å². The van der Waals surface area contributed by atoms with Gasteiger partial charge in [-0.2, -0.15) is 0 Å². The predicted octanol–water partition coefficient (Wildman–Crippen LogP) is 1.94. The van der Waals surface area contributed by atoms with Gasteiger partial charge in [0.1, 0.15) is 6.04 Å². The first-order valence-electron chi connectivity index (χ1n) is 8.57. The molecule has 5 fully saturated rings. The molecule has 5 rings (SSSR count). The third-order valence-electron chi connectivity index (χ3n) is 6.89. The first-order chi connectivity index (χ1) is 9.98. The summed E-state index contributed by atoms with van der Waals surface area (Å²) in [6.07, 6.45) is 8.07. The van der Waals surface area contributed by atoms with Crippen LogP contribution in [0.1, 0.15) is 52.4 Å². The third kappa shape index (κ3) is 1.94. The van der Waals surface area contributed by atoms with Crippen LogP contribution in [0.5, 0.6) is 0 Å². The van der Waals surface area contributed by atoms with Gasteiger partial charge in [0, 0.05) is 6.04 Å². The Morgan fingerprint density at radius 3 is 2.14 bits per heavy atom. The predicted molar refractivity (Wildman–Crippen MR) is 79.4 cm³/mol. The molecule has 2 atom stereocenters. The van der Waals surface area contributed by atoms with E-state index in [1.807, 2.05) is 11.8 Å². The van der Waals surface area contributed by atoms with E-state index in [1.54, 1.807) is 0 Å². The zero-order valence-electron chi connectivity index (χ0n) is 13.1. The molecule has 4 nitrogen and oxygen atoms in total. The molecule has 2 amide bonds. The van der Waals surface area contributed by atoms with Crippen LogP contribution in [0.4, 0.5) is 0 Å². The zero-order chi connectivity index (χ0) is 14.8. The van der Waals surface area contributed by atoms with Crippen molar-refractivity contribution in [1.82, 2.24) is 10.2 Å². The zero-order valence-corrected chi connectivity index (χ0v) is 13.1. The molecule has 1 saturated heterocycles. The molecule has 4 bridgehead atoms. The molecule has 116 valence electrons. The van der Waals surface area contributed by atoms with Crippen molar-refractivity contribution in [3.05, 3.63) is 0 Å². The van der Waals surface area contributed by atoms with Crippen LogP contribution in [0.15, 0.2) is 0 Å². The standard InChI is InChI=1S/C17H26N2O2/c1-10-16(21)18-9-15(20)19(10)11(2)17-6-12-3-13(7-17)5-14(4-12)8-17/h10-14H,3-9H2,1-2H3,(H,18,21). The fourth-order valence-electron chi connectivity index (χ4n) is 6.28. The van der Waals surface area contributed by atoms with E-state index < -0.39 is 0 Å². The molecule has 0 aromatic carbocycles. The van der Waals surface area contributed by atoms with Crippen LogP contribution in [0.3, 0.4) is 0 Å². The molecule has 1 N–H and O–H groups in total. The maximum atomic E-state index is 12.4. The number of hydrogen-bond acceptors (Lipinski definition) is 2. The number of carbonyl (C=O) groups is 2. The number of nitrogens with zero attached hydrogens (tertiary/aromatic N) is 1. The molecule has 4 heteroatoms. The molecule has 0 spiro atoms. The van der Waals surface area contributed by atoms with Crippen LogP contribution in [-0.2, 0) is 9.59 Å². The Kier molecular flexibility index (Phi) is 2.89. The number of piperazine rings is 1. The summed E-state index contributed by atoms with van der Waals surface area (Å²) < 4.78 is 0. The van der Waals surface area contributed by atoms with E-state index in [1.165, 1.54) is 38.5 Å². The van der Waals surface area contributed by atoms with Crippen molar-refractivity contribution in [1.29, 1.82) is 0 Å². The topological polar surface area (TPSA) is 49.4 Å². The van der Waals surface area contributed by atoms with Gasteiger partial charge in [-0.15, -0.1) is 0 Å². The molecule has 0 radical (unpaired) electrons. The number of nitrogens with one attached hydrogen (secondary N) is 1. The van der Waals surface area contributed by atoms with Crippen LogP contribution in [0.2, 0.25) is 0 Å². The Morgan fingerprint density at radius 2 is 1.62 bits per heavy atom. The molecule has 0 aromatic rings. The lowest BCUT2D eigenvalue weighted by Crippen LogP contribution is -2.65. The van der Waals surface area contributed by atoms with E-state index >= 15 is 0 Å². The molecule has 4 aliphatic carbocycles. The van der Waals surface area contributed by atoms with Crippen molar-refractivity contribution < 1.29 is 9.59 Å². The molecular formula is C17H26N2O2. The second kappa shape index (κ2) is 4.47. The van der Waals surface area contributed by atoms with Crippen molar-refractivity contribution >= 4 is 11.8 Å². The van der Waals surface area contributed by atoms with E-state index in [-0.39, 0.29) is 35.9 Å². The van der Waals surface area contributed by atoms with Crippen molar-refractivity contribution in [2.45, 2.75) is 64.5 Å². The van der Waals surface area contributed by atoms with Crippen LogP contribution in [0, 0.1) is 23.2 Å². The van der Waals surface area contributed by atoms with E-state index in [2.05, 4.69) is 12.2 Å². The summed E-state index contributed by atoms with van der Waals surface area (Å²) in [6, 6.07) is -0.103. The van der Waals surface area contributed by atoms with E-state index in [9.17, 15) is 9.59 Å². The molecule has 1 aliphatic heterocycles. The first-order valence-corrected chi connectivity index (χ1v) is 8.57. The average Bonchev–Trinajstić information content (AvgIpc) is 2.42. The third-order valence-corrected chi connectivity index (χ3v) is 6.89. The highest BCUT2D eigenvalue weighted by atomic mass is 16.2. The minimum absolute atomic E-state index is 0.00572. The van der Waals surface area contributed by atoms with Gasteiger partial charge in [-0.25, -0.2) is 0 Å². The minimum Gasteiger partial charge on any atom is -0.345 e. The maximum absolute atomic E-state index is 12.4. The molecule has 1 heterocycles. The van der Waals surface area contributed by atoms with E-state index in [0.29, 0.717) is 0 Å². The maximum Gasteiger partial charge on any atom is 0.242 e. The molecule has 5 aliphatic rings. The van der Waals surface area contributed by atoms with Crippen molar-refractivity contribution in [2.75, 3.05) is 6.54 Å². The molecule has 2 unspecified atom stereocenters. The van der Waals surface area contributed by atoms with Gasteiger partial charge in [0.25, 0.3) is 0 Å². The van der Waals surface area contributed by atoms with Gasteiger partial charge in [-0.3, -0.25) is 9.59 Å². The highest BCUT2D eigenvalue weighted by molar-refractivity contribution is 5.94. The molecule has 4 saturated carbocycles. The van der Waals surface area contributed by atoms with Crippen molar-refractivity contribution in [3.63, 3.8) is 0 Å². The first kappa shape index (κ1) is 13.6. The quantitative estimate of drug-likeness (QED) is 0.845. The average molecular weight is 290 g/mol. The molecule has 21 heavy (non-hydrogen) atoms. The lowest BCUT2D eigenvalue weighted by molar-refractivity contribution is -0.158. The SMILES string of the molecule is CC1C(=O)NCC(=O)N1C(C)C12CC3CC(CC(C3)C1)C2. The van der Waals surface area contributed by atoms with Crippen LogP contribution >= 0.6 is 0 Å². The Balaban J connectivity index is 1.63. The summed E-state index contributed by atoms with van der Waals surface area (Å²) in [5, 5.41) is 2.71. The van der Waals surface area contributed by atoms with Gasteiger partial charge in [-0.1, -0.05) is 0 Å². The smallest absolute Gasteiger partial charge is 0.242 e. The van der Waals surface area contributed by atoms with Gasteiger partial charge in [0.2, 0.25) is 11.8 Å². The number of carbonyl (C=O) groups excluding carboxylic acids is 2. The van der Waals surface area contributed by atoms with E-state index in [4.69, 9.17) is 0 Å². The summed E-state index contributed by atoms with van der Waals surface area (Å²) >= 11 is 0. The summed E-state index contributed by atoms with van der Waals surface area (Å²) in [5.41, 5.74) is 0.288. The Hall–Kier alpha value is -1.06. The number of rotatable bonds is 2. The van der Waals surface area contributed by atoms with Gasteiger partial charge in [-0.05, 0) is 75.5 Å². The summed E-state index contributed by atoms with van der Waals surface area (Å²) in [6.45, 7) is 4.27. The van der Waals surface area contributed by atoms with E-state index in [0.717, 1.165) is 17.8 Å². The summed E-state index contributed by atoms with van der Waals surface area (Å²) in [7, 11) is 0. The van der Waals surface area contributed by atoms with Crippen LogP contribution in [0.25, 0.3) is 0 Å². The van der Waals surface area contributed by atoms with Crippen molar-refractivity contribution in [3.8, 4) is 0 Å². The summed E-state index contributed by atoms with van der Waals surface area (Å²) in [4.78, 5) is 26.3. The largest absolute Gasteiger partial charge is 0.345 e. The highest BCUT2D eigenvalue weighted by Gasteiger charge is 2.55. The highest BCUT2D eigenvalue weighted by Crippen LogP contribution is 2.62. The van der Waals surface area contributed by atoms with Gasteiger partial charge in [0.05, 0.1) is 6.54 Å². The molecular weight excluding hydrogens is 264 g/mol. The molecule has 0 aromatic heterocycles.